The minimum Gasteiger partial charge on any atom is -0.480 e. The van der Waals surface area contributed by atoms with Gasteiger partial charge in [-0.3, -0.25) is 4.79 Å². The van der Waals surface area contributed by atoms with Gasteiger partial charge >= 0.3 is 5.97 Å². The van der Waals surface area contributed by atoms with Crippen LogP contribution in [0.2, 0.25) is 0 Å². The quantitative estimate of drug-likeness (QED) is 0.815. The summed E-state index contributed by atoms with van der Waals surface area (Å²) in [5.74, 6) is -2.87. The van der Waals surface area contributed by atoms with Crippen LogP contribution in [0.25, 0.3) is 0 Å². The molecule has 0 spiro atoms. The first-order valence-corrected chi connectivity index (χ1v) is 7.11. The highest BCUT2D eigenvalue weighted by Gasteiger charge is 2.73. The summed E-state index contributed by atoms with van der Waals surface area (Å²) in [6, 6.07) is 5.18. The molecule has 1 aromatic rings. The third-order valence-corrected chi connectivity index (χ3v) is 4.80. The number of nitrogens with two attached hydrogens (primary N) is 1. The van der Waals surface area contributed by atoms with Gasteiger partial charge in [0.1, 0.15) is 11.4 Å². The lowest BCUT2D eigenvalue weighted by atomic mass is 10.1. The zero-order valence-electron chi connectivity index (χ0n) is 9.50. The molecule has 0 aliphatic heterocycles. The lowest BCUT2D eigenvalue weighted by Crippen LogP contribution is -2.39. The molecule has 0 heterocycles. The number of hydrogen-bond donors (Lipinski definition) is 2. The van der Waals surface area contributed by atoms with E-state index in [9.17, 15) is 17.6 Å². The van der Waals surface area contributed by atoms with E-state index in [0.29, 0.717) is 0 Å². The SMILES string of the molecule is CS(=O)(=O)[C@@H]1[C@H](c2cccc(F)c2)[C@@]1(N)C(=O)O. The Morgan fingerprint density at radius 3 is 2.50 bits per heavy atom. The molecule has 3 N–H and O–H groups in total. The number of benzene rings is 1. The van der Waals surface area contributed by atoms with Gasteiger partial charge < -0.3 is 10.8 Å². The molecule has 0 amide bonds. The van der Waals surface area contributed by atoms with E-state index in [2.05, 4.69) is 0 Å². The Hall–Kier alpha value is -1.47. The van der Waals surface area contributed by atoms with E-state index in [4.69, 9.17) is 10.8 Å². The molecular formula is C11H12FNO4S. The average Bonchev–Trinajstić information content (AvgIpc) is 2.86. The molecule has 0 saturated heterocycles. The van der Waals surface area contributed by atoms with Crippen molar-refractivity contribution >= 4 is 15.8 Å². The number of carboxylic acid groups (broad SMARTS) is 1. The van der Waals surface area contributed by atoms with E-state index in [1.165, 1.54) is 18.2 Å². The molecule has 0 radical (unpaired) electrons. The van der Waals surface area contributed by atoms with Crippen LogP contribution in [0.3, 0.4) is 0 Å². The van der Waals surface area contributed by atoms with Gasteiger partial charge in [0.2, 0.25) is 0 Å². The topological polar surface area (TPSA) is 97.5 Å². The first kappa shape index (κ1) is 13.0. The van der Waals surface area contributed by atoms with E-state index in [-0.39, 0.29) is 5.56 Å². The first-order chi connectivity index (χ1) is 8.19. The van der Waals surface area contributed by atoms with E-state index < -0.39 is 38.3 Å². The van der Waals surface area contributed by atoms with Crippen LogP contribution >= 0.6 is 0 Å². The predicted octanol–water partition coefficient (Wildman–Crippen LogP) is 0.118. The van der Waals surface area contributed by atoms with Gasteiger partial charge in [-0.2, -0.15) is 0 Å². The van der Waals surface area contributed by atoms with Gasteiger partial charge in [0.05, 0.1) is 5.25 Å². The Kier molecular flexibility index (Phi) is 2.71. The Labute approximate surface area is 103 Å². The molecule has 3 atom stereocenters. The number of aliphatic carboxylic acids is 1. The molecule has 1 aliphatic rings. The summed E-state index contributed by atoms with van der Waals surface area (Å²) < 4.78 is 36.2. The van der Waals surface area contributed by atoms with Crippen LogP contribution < -0.4 is 5.73 Å². The van der Waals surface area contributed by atoms with Gasteiger partial charge in [-0.05, 0) is 17.7 Å². The Balaban J connectivity index is 2.49. The monoisotopic (exact) mass is 273 g/mol. The van der Waals surface area contributed by atoms with Crippen LogP contribution in [0.15, 0.2) is 24.3 Å². The zero-order chi connectivity index (χ0) is 13.7. The fourth-order valence-corrected chi connectivity index (χ4v) is 4.14. The molecular weight excluding hydrogens is 261 g/mol. The van der Waals surface area contributed by atoms with E-state index in [1.54, 1.807) is 0 Å². The van der Waals surface area contributed by atoms with E-state index >= 15 is 0 Å². The summed E-state index contributed by atoms with van der Waals surface area (Å²) in [5, 5.41) is 7.85. The fourth-order valence-electron chi connectivity index (χ4n) is 2.38. The highest BCUT2D eigenvalue weighted by Crippen LogP contribution is 2.54. The van der Waals surface area contributed by atoms with Gasteiger partial charge in [0.15, 0.2) is 9.84 Å². The molecule has 1 fully saturated rings. The molecule has 18 heavy (non-hydrogen) atoms. The van der Waals surface area contributed by atoms with Crippen molar-refractivity contribution in [3.63, 3.8) is 0 Å². The average molecular weight is 273 g/mol. The predicted molar refractivity (Wildman–Crippen MR) is 62.3 cm³/mol. The molecule has 1 aromatic carbocycles. The molecule has 1 aliphatic carbocycles. The van der Waals surface area contributed by atoms with Crippen molar-refractivity contribution in [1.29, 1.82) is 0 Å². The minimum absolute atomic E-state index is 0.287. The van der Waals surface area contributed by atoms with Crippen molar-refractivity contribution in [3.8, 4) is 0 Å². The summed E-state index contributed by atoms with van der Waals surface area (Å²) >= 11 is 0. The number of rotatable bonds is 3. The van der Waals surface area contributed by atoms with Gasteiger partial charge in [-0.1, -0.05) is 12.1 Å². The second-order valence-electron chi connectivity index (χ2n) is 4.52. The lowest BCUT2D eigenvalue weighted by Gasteiger charge is -2.04. The zero-order valence-corrected chi connectivity index (χ0v) is 10.3. The van der Waals surface area contributed by atoms with Crippen molar-refractivity contribution < 1.29 is 22.7 Å². The number of halogens is 1. The third kappa shape index (κ3) is 1.79. The summed E-state index contributed by atoms with van der Waals surface area (Å²) in [4.78, 5) is 11.1. The van der Waals surface area contributed by atoms with Crippen molar-refractivity contribution in [2.45, 2.75) is 16.7 Å². The Morgan fingerprint density at radius 1 is 1.50 bits per heavy atom. The highest BCUT2D eigenvalue weighted by molar-refractivity contribution is 7.91. The summed E-state index contributed by atoms with van der Waals surface area (Å²) in [6.45, 7) is 0. The van der Waals surface area contributed by atoms with Gasteiger partial charge in [-0.15, -0.1) is 0 Å². The Bertz CT molecular complexity index is 615. The number of carbonyl (C=O) groups is 1. The fraction of sp³-hybridized carbons (Fsp3) is 0.364. The second-order valence-corrected chi connectivity index (χ2v) is 6.69. The Morgan fingerprint density at radius 2 is 2.11 bits per heavy atom. The largest absolute Gasteiger partial charge is 0.480 e. The van der Waals surface area contributed by atoms with Crippen LogP contribution in [-0.4, -0.2) is 36.5 Å². The summed E-state index contributed by atoms with van der Waals surface area (Å²) in [6.07, 6.45) is 0.932. The lowest BCUT2D eigenvalue weighted by molar-refractivity contribution is -0.139. The van der Waals surface area contributed by atoms with E-state index in [1.807, 2.05) is 0 Å². The standard InChI is InChI=1S/C11H12FNO4S/c1-18(16,17)9-8(11(9,13)10(14)15)6-3-2-4-7(12)5-6/h2-5,8-9H,13H2,1H3,(H,14,15)/t8-,9+,11-/m0/s1. The minimum atomic E-state index is -3.62. The second kappa shape index (κ2) is 3.76. The molecule has 0 unspecified atom stereocenters. The molecule has 1 saturated carbocycles. The van der Waals surface area contributed by atoms with Crippen molar-refractivity contribution in [2.75, 3.05) is 6.26 Å². The highest BCUT2D eigenvalue weighted by atomic mass is 32.2. The summed E-state index contributed by atoms with van der Waals surface area (Å²) in [5.41, 5.74) is 4.06. The normalized spacial score (nSPS) is 31.1. The molecule has 98 valence electrons. The van der Waals surface area contributed by atoms with Crippen LogP contribution in [0.5, 0.6) is 0 Å². The molecule has 0 aromatic heterocycles. The van der Waals surface area contributed by atoms with Crippen molar-refractivity contribution in [1.82, 2.24) is 0 Å². The maximum Gasteiger partial charge on any atom is 0.325 e. The third-order valence-electron chi connectivity index (χ3n) is 3.22. The van der Waals surface area contributed by atoms with Gasteiger partial charge in [0.25, 0.3) is 0 Å². The van der Waals surface area contributed by atoms with Crippen LogP contribution in [0.1, 0.15) is 11.5 Å². The molecule has 7 heteroatoms. The van der Waals surface area contributed by atoms with Crippen molar-refractivity contribution in [2.24, 2.45) is 5.73 Å². The molecule has 2 rings (SSSR count). The summed E-state index contributed by atoms with van der Waals surface area (Å²) in [7, 11) is -3.62. The maximum atomic E-state index is 13.1. The van der Waals surface area contributed by atoms with Crippen LogP contribution in [-0.2, 0) is 14.6 Å². The van der Waals surface area contributed by atoms with Crippen LogP contribution in [0.4, 0.5) is 4.39 Å². The van der Waals surface area contributed by atoms with Crippen LogP contribution in [0, 0.1) is 5.82 Å². The molecule has 0 bridgehead atoms. The number of carboxylic acids is 1. The maximum absolute atomic E-state index is 13.1. The smallest absolute Gasteiger partial charge is 0.325 e. The van der Waals surface area contributed by atoms with Crippen molar-refractivity contribution in [3.05, 3.63) is 35.6 Å². The van der Waals surface area contributed by atoms with Gasteiger partial charge in [-0.25, -0.2) is 12.8 Å². The number of sulfone groups is 1. The van der Waals surface area contributed by atoms with Gasteiger partial charge in [0, 0.05) is 12.2 Å². The molecule has 5 nitrogen and oxygen atoms in total. The number of hydrogen-bond acceptors (Lipinski definition) is 4. The van der Waals surface area contributed by atoms with E-state index in [0.717, 1.165) is 12.3 Å². The first-order valence-electron chi connectivity index (χ1n) is 5.15.